The Morgan fingerprint density at radius 3 is 1.50 bits per heavy atom. The molecule has 0 aromatic heterocycles. The maximum atomic E-state index is 12.2. The van der Waals surface area contributed by atoms with E-state index in [2.05, 4.69) is 0 Å². The average molecular weight is 286 g/mol. The monoisotopic (exact) mass is 286 g/mol. The first-order valence-electron chi connectivity index (χ1n) is 6.49. The van der Waals surface area contributed by atoms with Crippen molar-refractivity contribution in [3.05, 3.63) is 0 Å². The summed E-state index contributed by atoms with van der Waals surface area (Å²) in [5.41, 5.74) is -3.29. The van der Waals surface area contributed by atoms with Gasteiger partial charge < -0.3 is 14.6 Å². The summed E-state index contributed by atoms with van der Waals surface area (Å²) < 4.78 is 10.4. The molecule has 0 saturated heterocycles. The molecular formula is C14H22O6. The third-order valence-electron chi connectivity index (χ3n) is 2.79. The van der Waals surface area contributed by atoms with Gasteiger partial charge in [-0.15, -0.1) is 0 Å². The first-order valence-corrected chi connectivity index (χ1v) is 6.49. The lowest BCUT2D eigenvalue weighted by Gasteiger charge is -2.26. The molecule has 0 aliphatic heterocycles. The van der Waals surface area contributed by atoms with Crippen molar-refractivity contribution in [2.75, 3.05) is 0 Å². The number of carboxylic acids is 1. The molecule has 0 spiro atoms. The van der Waals surface area contributed by atoms with Crippen LogP contribution in [0, 0.1) is 11.3 Å². The van der Waals surface area contributed by atoms with Gasteiger partial charge in [0.05, 0.1) is 5.92 Å². The molecule has 0 amide bonds. The third-order valence-corrected chi connectivity index (χ3v) is 2.79. The van der Waals surface area contributed by atoms with E-state index in [0.29, 0.717) is 0 Å². The SMILES string of the molecule is CC(C)(C)OC(=O)C1(C(=O)OC(C)(C)C)CC1C(=O)O. The van der Waals surface area contributed by atoms with E-state index in [1.165, 1.54) is 0 Å². The summed E-state index contributed by atoms with van der Waals surface area (Å²) in [6, 6.07) is 0. The standard InChI is InChI=1S/C14H22O6/c1-12(2,3)19-10(17)14(7-8(14)9(15)16)11(18)20-13(4,5)6/h8H,7H2,1-6H3,(H,15,16). The van der Waals surface area contributed by atoms with Crippen LogP contribution in [0.15, 0.2) is 0 Å². The number of carbonyl (C=O) groups is 3. The number of hydrogen-bond acceptors (Lipinski definition) is 5. The fraction of sp³-hybridized carbons (Fsp3) is 0.786. The van der Waals surface area contributed by atoms with Crippen molar-refractivity contribution in [3.8, 4) is 0 Å². The van der Waals surface area contributed by atoms with Gasteiger partial charge in [0.1, 0.15) is 11.2 Å². The van der Waals surface area contributed by atoms with E-state index >= 15 is 0 Å². The molecule has 6 heteroatoms. The van der Waals surface area contributed by atoms with Gasteiger partial charge in [-0.05, 0) is 48.0 Å². The molecule has 0 heterocycles. The first kappa shape index (κ1) is 16.5. The van der Waals surface area contributed by atoms with Crippen LogP contribution >= 0.6 is 0 Å². The number of rotatable bonds is 3. The van der Waals surface area contributed by atoms with Gasteiger partial charge in [-0.2, -0.15) is 0 Å². The Bertz CT molecular complexity index is 410. The topological polar surface area (TPSA) is 89.9 Å². The second-order valence-electron chi connectivity index (χ2n) is 7.07. The smallest absolute Gasteiger partial charge is 0.324 e. The molecule has 1 N–H and O–H groups in total. The number of carbonyl (C=O) groups excluding carboxylic acids is 2. The van der Waals surface area contributed by atoms with Gasteiger partial charge in [0, 0.05) is 0 Å². The van der Waals surface area contributed by atoms with Gasteiger partial charge in [0.15, 0.2) is 5.41 Å². The van der Waals surface area contributed by atoms with Crippen LogP contribution in [0.5, 0.6) is 0 Å². The lowest BCUT2D eigenvalue weighted by Crippen LogP contribution is -2.40. The number of carboxylic acid groups (broad SMARTS) is 1. The van der Waals surface area contributed by atoms with E-state index in [-0.39, 0.29) is 6.42 Å². The summed E-state index contributed by atoms with van der Waals surface area (Å²) in [6.45, 7) is 9.95. The Hall–Kier alpha value is -1.59. The zero-order valence-electron chi connectivity index (χ0n) is 12.8. The highest BCUT2D eigenvalue weighted by atomic mass is 16.6. The summed E-state index contributed by atoms with van der Waals surface area (Å²) in [7, 11) is 0. The molecule has 1 unspecified atom stereocenters. The first-order chi connectivity index (χ1) is 8.79. The molecule has 0 aromatic carbocycles. The van der Waals surface area contributed by atoms with E-state index in [0.717, 1.165) is 0 Å². The zero-order chi connectivity index (χ0) is 15.9. The maximum absolute atomic E-state index is 12.2. The van der Waals surface area contributed by atoms with Crippen LogP contribution < -0.4 is 0 Å². The van der Waals surface area contributed by atoms with Crippen molar-refractivity contribution in [3.63, 3.8) is 0 Å². The van der Waals surface area contributed by atoms with Crippen molar-refractivity contribution >= 4 is 17.9 Å². The Balaban J connectivity index is 2.99. The van der Waals surface area contributed by atoms with Gasteiger partial charge in [-0.25, -0.2) is 0 Å². The highest BCUT2D eigenvalue weighted by molar-refractivity contribution is 6.08. The Labute approximate surface area is 118 Å². The van der Waals surface area contributed by atoms with Gasteiger partial charge in [0.25, 0.3) is 0 Å². The van der Waals surface area contributed by atoms with Gasteiger partial charge >= 0.3 is 17.9 Å². The molecule has 1 rings (SSSR count). The minimum absolute atomic E-state index is 0.0772. The zero-order valence-corrected chi connectivity index (χ0v) is 12.8. The largest absolute Gasteiger partial charge is 0.481 e. The summed E-state index contributed by atoms with van der Waals surface area (Å²) >= 11 is 0. The molecule has 20 heavy (non-hydrogen) atoms. The normalized spacial score (nSPS) is 21.0. The van der Waals surface area contributed by atoms with E-state index in [4.69, 9.17) is 14.6 Å². The van der Waals surface area contributed by atoms with Crippen molar-refractivity contribution in [1.82, 2.24) is 0 Å². The predicted octanol–water partition coefficient (Wildman–Crippen LogP) is 1.76. The second kappa shape index (κ2) is 4.75. The van der Waals surface area contributed by atoms with Gasteiger partial charge in [-0.1, -0.05) is 0 Å². The molecule has 0 aromatic rings. The lowest BCUT2D eigenvalue weighted by atomic mass is 10.0. The van der Waals surface area contributed by atoms with Crippen molar-refractivity contribution < 1.29 is 29.0 Å². The van der Waals surface area contributed by atoms with E-state index in [1.54, 1.807) is 41.5 Å². The van der Waals surface area contributed by atoms with Crippen molar-refractivity contribution in [2.45, 2.75) is 59.2 Å². The van der Waals surface area contributed by atoms with Crippen LogP contribution in [0.25, 0.3) is 0 Å². The van der Waals surface area contributed by atoms with Crippen LogP contribution in [-0.2, 0) is 23.9 Å². The van der Waals surface area contributed by atoms with Crippen LogP contribution in [0.1, 0.15) is 48.0 Å². The molecule has 1 saturated carbocycles. The minimum Gasteiger partial charge on any atom is -0.481 e. The fourth-order valence-electron chi connectivity index (χ4n) is 1.83. The van der Waals surface area contributed by atoms with E-state index in [9.17, 15) is 14.4 Å². The van der Waals surface area contributed by atoms with Crippen molar-refractivity contribution in [2.24, 2.45) is 11.3 Å². The predicted molar refractivity (Wildman–Crippen MR) is 69.9 cm³/mol. The number of ether oxygens (including phenoxy) is 2. The van der Waals surface area contributed by atoms with Gasteiger partial charge in [0.2, 0.25) is 0 Å². The van der Waals surface area contributed by atoms with Crippen molar-refractivity contribution in [1.29, 1.82) is 0 Å². The molecule has 1 aliphatic rings. The molecule has 1 aliphatic carbocycles. The third kappa shape index (κ3) is 3.49. The summed E-state index contributed by atoms with van der Waals surface area (Å²) in [5.74, 6) is -3.92. The van der Waals surface area contributed by atoms with Crippen LogP contribution in [0.4, 0.5) is 0 Å². The van der Waals surface area contributed by atoms with Crippen LogP contribution in [0.3, 0.4) is 0 Å². The highest BCUT2D eigenvalue weighted by Crippen LogP contribution is 2.55. The quantitative estimate of drug-likeness (QED) is 0.628. The summed E-state index contributed by atoms with van der Waals surface area (Å²) in [6.07, 6.45) is -0.0772. The van der Waals surface area contributed by atoms with Crippen LogP contribution in [-0.4, -0.2) is 34.2 Å². The number of aliphatic carboxylic acids is 1. The molecule has 1 fully saturated rings. The average Bonchev–Trinajstić information content (AvgIpc) is 2.87. The minimum atomic E-state index is -1.70. The Kier molecular flexibility index (Phi) is 3.91. The Morgan fingerprint density at radius 1 is 0.950 bits per heavy atom. The maximum Gasteiger partial charge on any atom is 0.324 e. The molecule has 1 atom stereocenters. The molecule has 114 valence electrons. The van der Waals surface area contributed by atoms with E-state index < -0.39 is 40.4 Å². The fourth-order valence-corrected chi connectivity index (χ4v) is 1.83. The second-order valence-corrected chi connectivity index (χ2v) is 7.07. The molecule has 6 nitrogen and oxygen atoms in total. The summed E-state index contributed by atoms with van der Waals surface area (Å²) in [4.78, 5) is 35.5. The van der Waals surface area contributed by atoms with E-state index in [1.807, 2.05) is 0 Å². The highest BCUT2D eigenvalue weighted by Gasteiger charge is 2.72. The lowest BCUT2D eigenvalue weighted by molar-refractivity contribution is -0.179. The number of hydrogen-bond donors (Lipinski definition) is 1. The molecule has 0 bridgehead atoms. The van der Waals surface area contributed by atoms with Gasteiger partial charge in [-0.3, -0.25) is 14.4 Å². The van der Waals surface area contributed by atoms with Crippen LogP contribution in [0.2, 0.25) is 0 Å². The molecule has 0 radical (unpaired) electrons. The number of esters is 2. The Morgan fingerprint density at radius 2 is 1.30 bits per heavy atom. The molecular weight excluding hydrogens is 264 g/mol. The summed E-state index contributed by atoms with van der Waals surface area (Å²) in [5, 5.41) is 9.07.